The zero-order chi connectivity index (χ0) is 22.8. The summed E-state index contributed by atoms with van der Waals surface area (Å²) in [6.45, 7) is 14.2. The highest BCUT2D eigenvalue weighted by Crippen LogP contribution is 2.33. The summed E-state index contributed by atoms with van der Waals surface area (Å²) in [6, 6.07) is 12.2. The van der Waals surface area contributed by atoms with Crippen molar-refractivity contribution in [2.45, 2.75) is 27.7 Å². The Bertz CT molecular complexity index is 896. The molecule has 0 aliphatic heterocycles. The monoisotopic (exact) mass is 438 g/mol. The van der Waals surface area contributed by atoms with E-state index in [0.29, 0.717) is 5.75 Å². The molecule has 0 atom stereocenters. The number of anilines is 1. The predicted molar refractivity (Wildman–Crippen MR) is 121 cm³/mol. The van der Waals surface area contributed by atoms with Gasteiger partial charge in [-0.2, -0.15) is 0 Å². The van der Waals surface area contributed by atoms with Crippen LogP contribution in [0.15, 0.2) is 48.5 Å². The number of benzene rings is 2. The highest BCUT2D eigenvalue weighted by molar-refractivity contribution is 7.92. The van der Waals surface area contributed by atoms with E-state index in [9.17, 15) is 18.5 Å². The quantitative estimate of drug-likeness (QED) is 0.349. The number of para-hydroxylation sites is 1. The maximum atomic E-state index is 11.3. The number of hydrogen-bond donors (Lipinski definition) is 1. The Morgan fingerprint density at radius 1 is 0.967 bits per heavy atom. The molecular weight excluding hydrogens is 406 g/mol. The minimum absolute atomic E-state index is 0.0563. The van der Waals surface area contributed by atoms with Crippen LogP contribution < -0.4 is 9.46 Å². The standard InChI is InChI=1S/C13H12N2O5S.C8H20N/c1-21(18,19)14-12-8-7-10(15(16)17)9-13(12)20-11-5-3-2-4-6-11;1-5-9(6-2,7-3)8-4/h2-9,14H,1H3;5-8H2,1-4H3/q;+1. The van der Waals surface area contributed by atoms with Crippen LogP contribution in [-0.2, 0) is 10.0 Å². The fourth-order valence-electron chi connectivity index (χ4n) is 2.95. The van der Waals surface area contributed by atoms with Gasteiger partial charge >= 0.3 is 0 Å². The molecule has 0 spiro atoms. The predicted octanol–water partition coefficient (Wildman–Crippen LogP) is 4.64. The van der Waals surface area contributed by atoms with E-state index >= 15 is 0 Å². The molecule has 0 aliphatic rings. The molecular formula is C21H32N3O5S+. The summed E-state index contributed by atoms with van der Waals surface area (Å²) in [4.78, 5) is 10.2. The van der Waals surface area contributed by atoms with Gasteiger partial charge in [-0.25, -0.2) is 8.42 Å². The van der Waals surface area contributed by atoms with Crippen LogP contribution in [0.4, 0.5) is 11.4 Å². The molecule has 0 amide bonds. The Balaban J connectivity index is 0.000000424. The van der Waals surface area contributed by atoms with E-state index in [1.807, 2.05) is 0 Å². The Kier molecular flexibility index (Phi) is 9.74. The fourth-order valence-corrected chi connectivity index (χ4v) is 3.52. The molecule has 30 heavy (non-hydrogen) atoms. The topological polar surface area (TPSA) is 98.5 Å². The summed E-state index contributed by atoms with van der Waals surface area (Å²) >= 11 is 0. The van der Waals surface area contributed by atoms with Crippen molar-refractivity contribution in [2.75, 3.05) is 37.2 Å². The number of ether oxygens (including phenoxy) is 1. The van der Waals surface area contributed by atoms with Crippen molar-refractivity contribution in [3.8, 4) is 11.5 Å². The van der Waals surface area contributed by atoms with Crippen molar-refractivity contribution in [2.24, 2.45) is 0 Å². The van der Waals surface area contributed by atoms with Gasteiger partial charge in [0.25, 0.3) is 5.69 Å². The van der Waals surface area contributed by atoms with Crippen LogP contribution in [0.5, 0.6) is 11.5 Å². The van der Waals surface area contributed by atoms with Crippen molar-refractivity contribution < 1.29 is 22.6 Å². The lowest BCUT2D eigenvalue weighted by Crippen LogP contribution is -2.47. The number of nitrogens with one attached hydrogen (secondary N) is 1. The SMILES string of the molecule is CC[N+](CC)(CC)CC.CS(=O)(=O)Nc1ccc([N+](=O)[O-])cc1Oc1ccccc1. The molecule has 0 fully saturated rings. The second-order valence-corrected chi connectivity index (χ2v) is 8.58. The average molecular weight is 439 g/mol. The number of rotatable bonds is 9. The molecule has 166 valence electrons. The van der Waals surface area contributed by atoms with E-state index in [1.54, 1.807) is 30.3 Å². The van der Waals surface area contributed by atoms with E-state index in [1.165, 1.54) is 48.9 Å². The van der Waals surface area contributed by atoms with Crippen molar-refractivity contribution in [3.63, 3.8) is 0 Å². The zero-order valence-electron chi connectivity index (χ0n) is 18.3. The maximum Gasteiger partial charge on any atom is 0.273 e. The molecule has 0 bridgehead atoms. The number of quaternary nitrogens is 1. The second-order valence-electron chi connectivity index (χ2n) is 6.83. The first-order chi connectivity index (χ1) is 14.1. The van der Waals surface area contributed by atoms with Gasteiger partial charge in [0.05, 0.1) is 49.1 Å². The molecule has 0 saturated carbocycles. The molecule has 0 heterocycles. The third-order valence-corrected chi connectivity index (χ3v) is 5.72. The molecule has 0 aliphatic carbocycles. The zero-order valence-corrected chi connectivity index (χ0v) is 19.1. The van der Waals surface area contributed by atoms with Crippen molar-refractivity contribution in [1.82, 2.24) is 0 Å². The Morgan fingerprint density at radius 2 is 1.50 bits per heavy atom. The van der Waals surface area contributed by atoms with Gasteiger partial charge in [-0.05, 0) is 45.9 Å². The van der Waals surface area contributed by atoms with E-state index in [4.69, 9.17) is 4.74 Å². The van der Waals surface area contributed by atoms with E-state index < -0.39 is 14.9 Å². The van der Waals surface area contributed by atoms with Crippen LogP contribution in [0, 0.1) is 10.1 Å². The number of nitro benzene ring substituents is 1. The third kappa shape index (κ3) is 8.00. The van der Waals surface area contributed by atoms with Gasteiger partial charge < -0.3 is 9.22 Å². The molecule has 2 aromatic carbocycles. The van der Waals surface area contributed by atoms with Crippen LogP contribution in [0.2, 0.25) is 0 Å². The minimum Gasteiger partial charge on any atom is -0.455 e. The lowest BCUT2D eigenvalue weighted by molar-refractivity contribution is -0.921. The lowest BCUT2D eigenvalue weighted by atomic mass is 10.2. The molecule has 8 nitrogen and oxygen atoms in total. The molecule has 2 rings (SSSR count). The summed E-state index contributed by atoms with van der Waals surface area (Å²) in [5, 5.41) is 10.8. The smallest absolute Gasteiger partial charge is 0.273 e. The number of nitro groups is 1. The Labute approximate surface area is 179 Å². The summed E-state index contributed by atoms with van der Waals surface area (Å²) in [5.74, 6) is 0.496. The number of sulfonamides is 1. The second kappa shape index (κ2) is 11.5. The van der Waals surface area contributed by atoms with Gasteiger partial charge in [-0.3, -0.25) is 14.8 Å². The van der Waals surface area contributed by atoms with Gasteiger partial charge in [0.2, 0.25) is 10.0 Å². The summed E-state index contributed by atoms with van der Waals surface area (Å²) < 4.78 is 31.7. The molecule has 2 aromatic rings. The summed E-state index contributed by atoms with van der Waals surface area (Å²) in [7, 11) is -3.52. The first-order valence-electron chi connectivity index (χ1n) is 9.93. The summed E-state index contributed by atoms with van der Waals surface area (Å²) in [5.41, 5.74) is -0.0630. The van der Waals surface area contributed by atoms with Crippen LogP contribution in [0.25, 0.3) is 0 Å². The molecule has 9 heteroatoms. The number of non-ortho nitro benzene ring substituents is 1. The first-order valence-corrected chi connectivity index (χ1v) is 11.8. The van der Waals surface area contributed by atoms with Crippen LogP contribution >= 0.6 is 0 Å². The van der Waals surface area contributed by atoms with E-state index in [-0.39, 0.29) is 17.1 Å². The average Bonchev–Trinajstić information content (AvgIpc) is 2.71. The number of nitrogens with zero attached hydrogens (tertiary/aromatic N) is 2. The first kappa shape index (κ1) is 25.4. The van der Waals surface area contributed by atoms with Gasteiger partial charge in [0.15, 0.2) is 5.75 Å². The van der Waals surface area contributed by atoms with Crippen molar-refractivity contribution >= 4 is 21.4 Å². The molecule has 0 aromatic heterocycles. The largest absolute Gasteiger partial charge is 0.455 e. The van der Waals surface area contributed by atoms with E-state index in [0.717, 1.165) is 6.26 Å². The highest BCUT2D eigenvalue weighted by atomic mass is 32.2. The molecule has 0 unspecified atom stereocenters. The molecule has 0 radical (unpaired) electrons. The van der Waals surface area contributed by atoms with Crippen LogP contribution in [0.3, 0.4) is 0 Å². The van der Waals surface area contributed by atoms with Gasteiger partial charge in [0, 0.05) is 6.07 Å². The van der Waals surface area contributed by atoms with Gasteiger partial charge in [-0.15, -0.1) is 0 Å². The van der Waals surface area contributed by atoms with Gasteiger partial charge in [-0.1, -0.05) is 18.2 Å². The Morgan fingerprint density at radius 3 is 1.90 bits per heavy atom. The third-order valence-electron chi connectivity index (χ3n) is 5.13. The Hall–Kier alpha value is -2.65. The molecule has 0 saturated heterocycles. The minimum atomic E-state index is -3.52. The lowest BCUT2D eigenvalue weighted by Gasteiger charge is -2.34. The molecule has 1 N–H and O–H groups in total. The maximum absolute atomic E-state index is 11.3. The van der Waals surface area contributed by atoms with Gasteiger partial charge in [0.1, 0.15) is 5.75 Å². The van der Waals surface area contributed by atoms with E-state index in [2.05, 4.69) is 32.4 Å². The summed E-state index contributed by atoms with van der Waals surface area (Å²) in [6.07, 6.45) is 0.987. The van der Waals surface area contributed by atoms with Crippen LogP contribution in [0.1, 0.15) is 27.7 Å². The normalized spacial score (nSPS) is 11.2. The van der Waals surface area contributed by atoms with Crippen LogP contribution in [-0.4, -0.2) is 50.3 Å². The fraction of sp³-hybridized carbons (Fsp3) is 0.429. The number of hydrogen-bond acceptors (Lipinski definition) is 5. The highest BCUT2D eigenvalue weighted by Gasteiger charge is 2.16. The van der Waals surface area contributed by atoms with Crippen molar-refractivity contribution in [3.05, 3.63) is 58.6 Å². The van der Waals surface area contributed by atoms with Crippen molar-refractivity contribution in [1.29, 1.82) is 0 Å².